The first-order chi connectivity index (χ1) is 36.5. The number of carbonyl (C=O) groups excluding carboxylic acids is 2. The molecule has 0 saturated carbocycles. The molecule has 6 nitrogen and oxygen atoms in total. The summed E-state index contributed by atoms with van der Waals surface area (Å²) in [7, 11) is 0. The number of nitrogens with one attached hydrogen (secondary N) is 1. The molecule has 2 unspecified atom stereocenters. The van der Waals surface area contributed by atoms with Crippen LogP contribution in [0.3, 0.4) is 0 Å². The molecule has 6 heteroatoms. The van der Waals surface area contributed by atoms with E-state index in [-0.39, 0.29) is 18.5 Å². The molecule has 0 fully saturated rings. The summed E-state index contributed by atoms with van der Waals surface area (Å²) in [5.74, 6) is -0.0199. The van der Waals surface area contributed by atoms with Crippen molar-refractivity contribution in [2.24, 2.45) is 0 Å². The van der Waals surface area contributed by atoms with Gasteiger partial charge in [0, 0.05) is 12.8 Å². The summed E-state index contributed by atoms with van der Waals surface area (Å²) in [5, 5.41) is 23.1. The number of allylic oxidation sites excluding steroid dienone is 4. The van der Waals surface area contributed by atoms with Crippen LogP contribution in [-0.2, 0) is 14.3 Å². The van der Waals surface area contributed by atoms with Crippen LogP contribution in [0.1, 0.15) is 373 Å². The molecule has 0 radical (unpaired) electrons. The van der Waals surface area contributed by atoms with Crippen LogP contribution in [0.4, 0.5) is 0 Å². The molecule has 0 rings (SSSR count). The van der Waals surface area contributed by atoms with Crippen LogP contribution in [-0.4, -0.2) is 47.4 Å². The lowest BCUT2D eigenvalue weighted by Gasteiger charge is -2.22. The van der Waals surface area contributed by atoms with Gasteiger partial charge in [-0.3, -0.25) is 9.59 Å². The Hall–Kier alpha value is -1.66. The van der Waals surface area contributed by atoms with Crippen molar-refractivity contribution in [2.45, 2.75) is 386 Å². The van der Waals surface area contributed by atoms with E-state index in [0.29, 0.717) is 25.9 Å². The first kappa shape index (κ1) is 72.3. The Balaban J connectivity index is 3.35. The second kappa shape index (κ2) is 63.9. The fourth-order valence-electron chi connectivity index (χ4n) is 10.6. The first-order valence-electron chi connectivity index (χ1n) is 33.6. The minimum Gasteiger partial charge on any atom is -0.466 e. The van der Waals surface area contributed by atoms with E-state index in [9.17, 15) is 19.8 Å². The smallest absolute Gasteiger partial charge is 0.305 e. The molecule has 0 aliphatic carbocycles. The average molecular weight is 1040 g/mol. The zero-order valence-corrected chi connectivity index (χ0v) is 50.1. The molecule has 0 bridgehead atoms. The average Bonchev–Trinajstić information content (AvgIpc) is 3.40. The molecular formula is C68H131NO5. The Morgan fingerprint density at radius 3 is 1.03 bits per heavy atom. The SMILES string of the molecule is CCCCCCCCCCCCCCCCCCCCCC(=O)OCCCCCCCCCCC/C=C\C/C=C\CCCCCCCCCCCCCCCC(=O)NC(CO)C(O)CCCCCCCCCCC. The lowest BCUT2D eigenvalue weighted by molar-refractivity contribution is -0.143. The lowest BCUT2D eigenvalue weighted by Crippen LogP contribution is -2.45. The van der Waals surface area contributed by atoms with Crippen molar-refractivity contribution in [1.29, 1.82) is 0 Å². The standard InChI is InChI=1S/C68H131NO5/c1-3-5-7-9-11-13-14-15-16-17-29-33-36-39-42-46-50-54-58-62-68(73)74-63-59-55-51-47-43-40-37-34-31-28-26-24-22-20-18-19-21-23-25-27-30-32-35-38-41-45-49-53-57-61-67(72)69-65(64-70)66(71)60-56-52-48-44-12-10-8-6-4-2/h18,20,24,26,65-66,70-71H,3-17,19,21-23,25,27-64H2,1-2H3,(H,69,72)/b20-18-,26-24-. The minimum absolute atomic E-state index is 0.0172. The number of ether oxygens (including phenoxy) is 1. The Morgan fingerprint density at radius 1 is 0.378 bits per heavy atom. The van der Waals surface area contributed by atoms with Gasteiger partial charge in [0.2, 0.25) is 5.91 Å². The van der Waals surface area contributed by atoms with E-state index >= 15 is 0 Å². The van der Waals surface area contributed by atoms with Gasteiger partial charge in [-0.2, -0.15) is 0 Å². The molecule has 0 saturated heterocycles. The molecule has 0 aromatic rings. The number of hydrogen-bond donors (Lipinski definition) is 3. The Labute approximate surface area is 462 Å². The summed E-state index contributed by atoms with van der Waals surface area (Å²) in [4.78, 5) is 24.5. The second-order valence-corrected chi connectivity index (χ2v) is 23.2. The van der Waals surface area contributed by atoms with Crippen LogP contribution in [0.2, 0.25) is 0 Å². The predicted octanol–water partition coefficient (Wildman–Crippen LogP) is 21.4. The van der Waals surface area contributed by atoms with E-state index in [1.54, 1.807) is 0 Å². The zero-order valence-electron chi connectivity index (χ0n) is 50.1. The lowest BCUT2D eigenvalue weighted by atomic mass is 10.0. The molecule has 0 aliphatic heterocycles. The van der Waals surface area contributed by atoms with Crippen molar-refractivity contribution in [3.05, 3.63) is 24.3 Å². The number of unbranched alkanes of at least 4 members (excludes halogenated alkanes) is 48. The maximum atomic E-state index is 12.4. The summed E-state index contributed by atoms with van der Waals surface area (Å²) in [6, 6.07) is -0.540. The Kier molecular flexibility index (Phi) is 62.4. The second-order valence-electron chi connectivity index (χ2n) is 23.2. The quantitative estimate of drug-likeness (QED) is 0.0320. The van der Waals surface area contributed by atoms with Gasteiger partial charge in [-0.1, -0.05) is 327 Å². The molecule has 3 N–H and O–H groups in total. The van der Waals surface area contributed by atoms with Gasteiger partial charge in [0.05, 0.1) is 25.4 Å². The molecule has 0 aromatic carbocycles. The summed E-state index contributed by atoms with van der Waals surface area (Å²) in [6.45, 7) is 4.96. The Bertz CT molecular complexity index is 1150. The molecule has 0 heterocycles. The number of esters is 1. The van der Waals surface area contributed by atoms with Gasteiger partial charge < -0.3 is 20.3 Å². The fraction of sp³-hybridized carbons (Fsp3) is 0.912. The van der Waals surface area contributed by atoms with Crippen molar-refractivity contribution < 1.29 is 24.5 Å². The summed E-state index contributed by atoms with van der Waals surface area (Å²) in [6.07, 6.45) is 79.4. The van der Waals surface area contributed by atoms with E-state index in [1.807, 2.05) is 0 Å². The highest BCUT2D eigenvalue weighted by molar-refractivity contribution is 5.76. The number of hydrogen-bond acceptors (Lipinski definition) is 5. The monoisotopic (exact) mass is 1040 g/mol. The zero-order chi connectivity index (χ0) is 53.6. The number of aliphatic hydroxyl groups excluding tert-OH is 2. The third kappa shape index (κ3) is 59.6. The molecule has 0 spiro atoms. The predicted molar refractivity (Wildman–Crippen MR) is 324 cm³/mol. The molecule has 2 atom stereocenters. The molecule has 1 amide bonds. The summed E-state index contributed by atoms with van der Waals surface area (Å²) >= 11 is 0. The molecule has 0 aliphatic rings. The maximum Gasteiger partial charge on any atom is 0.305 e. The van der Waals surface area contributed by atoms with Gasteiger partial charge in [-0.05, 0) is 57.8 Å². The van der Waals surface area contributed by atoms with Crippen LogP contribution in [0, 0.1) is 0 Å². The van der Waals surface area contributed by atoms with Gasteiger partial charge in [-0.15, -0.1) is 0 Å². The van der Waals surface area contributed by atoms with Gasteiger partial charge in [-0.25, -0.2) is 0 Å². The Morgan fingerprint density at radius 2 is 0.676 bits per heavy atom. The van der Waals surface area contributed by atoms with Crippen LogP contribution in [0.15, 0.2) is 24.3 Å². The number of carbonyl (C=O) groups is 2. The van der Waals surface area contributed by atoms with Crippen molar-refractivity contribution in [3.8, 4) is 0 Å². The van der Waals surface area contributed by atoms with Crippen LogP contribution in [0.5, 0.6) is 0 Å². The first-order valence-corrected chi connectivity index (χ1v) is 33.6. The van der Waals surface area contributed by atoms with E-state index < -0.39 is 12.1 Å². The topological polar surface area (TPSA) is 95.9 Å². The summed E-state index contributed by atoms with van der Waals surface area (Å²) in [5.41, 5.74) is 0. The minimum atomic E-state index is -0.662. The maximum absolute atomic E-state index is 12.4. The molecule has 438 valence electrons. The highest BCUT2D eigenvalue weighted by atomic mass is 16.5. The van der Waals surface area contributed by atoms with Crippen molar-refractivity contribution in [3.63, 3.8) is 0 Å². The van der Waals surface area contributed by atoms with E-state index in [2.05, 4.69) is 43.5 Å². The van der Waals surface area contributed by atoms with Gasteiger partial charge in [0.1, 0.15) is 0 Å². The fourth-order valence-corrected chi connectivity index (χ4v) is 10.6. The molecule has 0 aromatic heterocycles. The van der Waals surface area contributed by atoms with Crippen molar-refractivity contribution in [1.82, 2.24) is 5.32 Å². The van der Waals surface area contributed by atoms with Crippen molar-refractivity contribution in [2.75, 3.05) is 13.2 Å². The van der Waals surface area contributed by atoms with Crippen LogP contribution < -0.4 is 5.32 Å². The highest BCUT2D eigenvalue weighted by Crippen LogP contribution is 2.18. The van der Waals surface area contributed by atoms with Crippen molar-refractivity contribution >= 4 is 11.9 Å². The number of amides is 1. The molecular weight excluding hydrogens is 911 g/mol. The third-order valence-electron chi connectivity index (χ3n) is 15.8. The van der Waals surface area contributed by atoms with E-state index in [4.69, 9.17) is 4.74 Å². The van der Waals surface area contributed by atoms with Gasteiger partial charge in [0.15, 0.2) is 0 Å². The van der Waals surface area contributed by atoms with Gasteiger partial charge >= 0.3 is 5.97 Å². The normalized spacial score (nSPS) is 12.6. The van der Waals surface area contributed by atoms with Crippen LogP contribution in [0.25, 0.3) is 0 Å². The third-order valence-corrected chi connectivity index (χ3v) is 15.8. The highest BCUT2D eigenvalue weighted by Gasteiger charge is 2.20. The summed E-state index contributed by atoms with van der Waals surface area (Å²) < 4.78 is 5.51. The van der Waals surface area contributed by atoms with Gasteiger partial charge in [0.25, 0.3) is 0 Å². The van der Waals surface area contributed by atoms with Crippen LogP contribution >= 0.6 is 0 Å². The number of aliphatic hydroxyl groups is 2. The molecule has 74 heavy (non-hydrogen) atoms. The van der Waals surface area contributed by atoms with E-state index in [1.165, 1.54) is 295 Å². The largest absolute Gasteiger partial charge is 0.466 e. The number of rotatable bonds is 63. The van der Waals surface area contributed by atoms with E-state index in [0.717, 1.165) is 44.9 Å².